The first-order valence-corrected chi connectivity index (χ1v) is 7.01. The summed E-state index contributed by atoms with van der Waals surface area (Å²) in [6, 6.07) is 6.79. The van der Waals surface area contributed by atoms with Crippen LogP contribution in [-0.2, 0) is 11.3 Å². The van der Waals surface area contributed by atoms with Gasteiger partial charge in [-0.05, 0) is 30.5 Å². The third-order valence-electron chi connectivity index (χ3n) is 3.71. The van der Waals surface area contributed by atoms with Gasteiger partial charge in [0.05, 0.1) is 12.1 Å². The summed E-state index contributed by atoms with van der Waals surface area (Å²) >= 11 is 0. The Morgan fingerprint density at radius 1 is 1.48 bits per heavy atom. The van der Waals surface area contributed by atoms with Crippen LogP contribution in [0, 0.1) is 17.1 Å². The molecular formula is C15H19FN4O. The zero-order valence-electron chi connectivity index (χ0n) is 11.8. The van der Waals surface area contributed by atoms with Gasteiger partial charge in [0.15, 0.2) is 0 Å². The van der Waals surface area contributed by atoms with Crippen LogP contribution in [0.5, 0.6) is 0 Å². The van der Waals surface area contributed by atoms with E-state index in [4.69, 9.17) is 11.0 Å². The van der Waals surface area contributed by atoms with Gasteiger partial charge >= 0.3 is 0 Å². The van der Waals surface area contributed by atoms with Crippen molar-refractivity contribution in [3.8, 4) is 6.07 Å². The molecule has 0 atom stereocenters. The van der Waals surface area contributed by atoms with Gasteiger partial charge in [0.25, 0.3) is 0 Å². The lowest BCUT2D eigenvalue weighted by atomic mass is 10.0. The third-order valence-corrected chi connectivity index (χ3v) is 3.71. The molecule has 0 aromatic heterocycles. The largest absolute Gasteiger partial charge is 0.369 e. The molecule has 1 fully saturated rings. The number of nitrogens with one attached hydrogen (secondary N) is 1. The van der Waals surface area contributed by atoms with Crippen molar-refractivity contribution >= 4 is 5.91 Å². The Labute approximate surface area is 123 Å². The van der Waals surface area contributed by atoms with Crippen molar-refractivity contribution in [3.05, 3.63) is 35.1 Å². The van der Waals surface area contributed by atoms with Gasteiger partial charge in [-0.3, -0.25) is 9.69 Å². The highest BCUT2D eigenvalue weighted by Crippen LogP contribution is 2.13. The molecular weight excluding hydrogens is 271 g/mol. The van der Waals surface area contributed by atoms with Crippen molar-refractivity contribution < 1.29 is 9.18 Å². The Kier molecular flexibility index (Phi) is 5.26. The van der Waals surface area contributed by atoms with Crippen LogP contribution in [-0.4, -0.2) is 36.5 Å². The minimum atomic E-state index is -0.485. The number of hydrogen-bond acceptors (Lipinski definition) is 4. The second kappa shape index (κ2) is 7.16. The maximum absolute atomic E-state index is 13.2. The molecule has 112 valence electrons. The number of likely N-dealkylation sites (tertiary alicyclic amines) is 1. The Morgan fingerprint density at radius 2 is 2.19 bits per heavy atom. The molecule has 0 bridgehead atoms. The second-order valence-electron chi connectivity index (χ2n) is 5.32. The maximum Gasteiger partial charge on any atom is 0.231 e. The van der Waals surface area contributed by atoms with E-state index in [9.17, 15) is 9.18 Å². The molecule has 2 rings (SSSR count). The minimum Gasteiger partial charge on any atom is -0.369 e. The summed E-state index contributed by atoms with van der Waals surface area (Å²) in [7, 11) is 0. The molecule has 1 aromatic rings. The van der Waals surface area contributed by atoms with Crippen LogP contribution in [0.3, 0.4) is 0 Å². The fraction of sp³-hybridized carbons (Fsp3) is 0.467. The van der Waals surface area contributed by atoms with E-state index in [1.54, 1.807) is 12.1 Å². The lowest BCUT2D eigenvalue weighted by molar-refractivity contribution is -0.119. The molecule has 1 amide bonds. The van der Waals surface area contributed by atoms with Crippen molar-refractivity contribution in [3.63, 3.8) is 0 Å². The van der Waals surface area contributed by atoms with E-state index in [0.717, 1.165) is 31.5 Å². The quantitative estimate of drug-likeness (QED) is 0.838. The Bertz CT molecular complexity index is 547. The van der Waals surface area contributed by atoms with E-state index in [1.807, 2.05) is 11.0 Å². The highest BCUT2D eigenvalue weighted by atomic mass is 19.1. The maximum atomic E-state index is 13.2. The third kappa shape index (κ3) is 4.52. The van der Waals surface area contributed by atoms with E-state index in [0.29, 0.717) is 19.1 Å². The molecule has 0 spiro atoms. The van der Waals surface area contributed by atoms with Crippen LogP contribution in [0.4, 0.5) is 4.39 Å². The standard InChI is InChI=1S/C15H19FN4O/c16-14-2-1-11(7-12(14)8-17)9-19-13-3-5-20(6-4-13)10-15(18)21/h1-2,7,13,19H,3-6,9-10H2,(H2,18,21). The molecule has 6 heteroatoms. The van der Waals surface area contributed by atoms with Crippen LogP contribution < -0.4 is 11.1 Å². The molecule has 1 aliphatic rings. The number of carbonyl (C=O) groups excluding carboxylic acids is 1. The fourth-order valence-corrected chi connectivity index (χ4v) is 2.55. The van der Waals surface area contributed by atoms with Gasteiger partial charge in [-0.1, -0.05) is 6.07 Å². The molecule has 1 aromatic carbocycles. The normalized spacial score (nSPS) is 16.6. The molecule has 5 nitrogen and oxygen atoms in total. The summed E-state index contributed by atoms with van der Waals surface area (Å²) in [6.45, 7) is 2.60. The number of piperidine rings is 1. The Morgan fingerprint density at radius 3 is 2.81 bits per heavy atom. The predicted molar refractivity (Wildman–Crippen MR) is 76.6 cm³/mol. The topological polar surface area (TPSA) is 82.2 Å². The fourth-order valence-electron chi connectivity index (χ4n) is 2.55. The van der Waals surface area contributed by atoms with Crippen LogP contribution in [0.1, 0.15) is 24.0 Å². The molecule has 1 saturated heterocycles. The number of primary amides is 1. The van der Waals surface area contributed by atoms with Crippen molar-refractivity contribution in [1.29, 1.82) is 5.26 Å². The number of nitrogens with two attached hydrogens (primary N) is 1. The van der Waals surface area contributed by atoms with E-state index in [1.165, 1.54) is 6.07 Å². The Balaban J connectivity index is 1.80. The van der Waals surface area contributed by atoms with E-state index in [2.05, 4.69) is 5.32 Å². The molecule has 0 radical (unpaired) electrons. The van der Waals surface area contributed by atoms with Crippen molar-refractivity contribution in [2.24, 2.45) is 5.73 Å². The van der Waals surface area contributed by atoms with E-state index in [-0.39, 0.29) is 11.5 Å². The second-order valence-corrected chi connectivity index (χ2v) is 5.32. The minimum absolute atomic E-state index is 0.0746. The number of halogens is 1. The van der Waals surface area contributed by atoms with Gasteiger partial charge in [-0.2, -0.15) is 5.26 Å². The monoisotopic (exact) mass is 290 g/mol. The van der Waals surface area contributed by atoms with Crippen LogP contribution in [0.15, 0.2) is 18.2 Å². The molecule has 21 heavy (non-hydrogen) atoms. The van der Waals surface area contributed by atoms with Gasteiger partial charge in [0.2, 0.25) is 5.91 Å². The number of nitriles is 1. The lowest BCUT2D eigenvalue weighted by Gasteiger charge is -2.31. The highest BCUT2D eigenvalue weighted by molar-refractivity contribution is 5.75. The number of amides is 1. The summed E-state index contributed by atoms with van der Waals surface area (Å²) in [6.07, 6.45) is 1.89. The number of rotatable bonds is 5. The lowest BCUT2D eigenvalue weighted by Crippen LogP contribution is -2.45. The summed E-state index contributed by atoms with van der Waals surface area (Å²) in [4.78, 5) is 12.9. The number of benzene rings is 1. The smallest absolute Gasteiger partial charge is 0.231 e. The zero-order chi connectivity index (χ0) is 15.2. The van der Waals surface area contributed by atoms with Crippen molar-refractivity contribution in [1.82, 2.24) is 10.2 Å². The van der Waals surface area contributed by atoms with Crippen LogP contribution in [0.2, 0.25) is 0 Å². The average molecular weight is 290 g/mol. The average Bonchev–Trinajstić information content (AvgIpc) is 2.47. The Hall–Kier alpha value is -1.97. The van der Waals surface area contributed by atoms with Gasteiger partial charge < -0.3 is 11.1 Å². The number of hydrogen-bond donors (Lipinski definition) is 2. The summed E-state index contributed by atoms with van der Waals surface area (Å²) in [5.41, 5.74) is 6.15. The molecule has 0 aliphatic carbocycles. The van der Waals surface area contributed by atoms with E-state index >= 15 is 0 Å². The molecule has 3 N–H and O–H groups in total. The predicted octanol–water partition coefficient (Wildman–Crippen LogP) is 0.737. The van der Waals surface area contributed by atoms with Crippen LogP contribution in [0.25, 0.3) is 0 Å². The van der Waals surface area contributed by atoms with Gasteiger partial charge in [-0.15, -0.1) is 0 Å². The van der Waals surface area contributed by atoms with Gasteiger partial charge in [-0.25, -0.2) is 4.39 Å². The first-order valence-electron chi connectivity index (χ1n) is 7.01. The highest BCUT2D eigenvalue weighted by Gasteiger charge is 2.19. The summed E-state index contributed by atoms with van der Waals surface area (Å²) < 4.78 is 13.2. The van der Waals surface area contributed by atoms with Gasteiger partial charge in [0.1, 0.15) is 11.9 Å². The SMILES string of the molecule is N#Cc1cc(CNC2CCN(CC(N)=O)CC2)ccc1F. The van der Waals surface area contributed by atoms with E-state index < -0.39 is 5.82 Å². The number of carbonyl (C=O) groups is 1. The molecule has 0 unspecified atom stereocenters. The zero-order valence-corrected chi connectivity index (χ0v) is 11.8. The molecule has 1 aliphatic heterocycles. The first kappa shape index (κ1) is 15.4. The molecule has 0 saturated carbocycles. The van der Waals surface area contributed by atoms with Crippen molar-refractivity contribution in [2.75, 3.05) is 19.6 Å². The van der Waals surface area contributed by atoms with Crippen LogP contribution >= 0.6 is 0 Å². The number of nitrogens with zero attached hydrogens (tertiary/aromatic N) is 2. The molecule has 1 heterocycles. The first-order chi connectivity index (χ1) is 10.1. The summed E-state index contributed by atoms with van der Waals surface area (Å²) in [5.74, 6) is -0.780. The van der Waals surface area contributed by atoms with Crippen molar-refractivity contribution in [2.45, 2.75) is 25.4 Å². The van der Waals surface area contributed by atoms with Gasteiger partial charge in [0, 0.05) is 25.7 Å². The summed E-state index contributed by atoms with van der Waals surface area (Å²) in [5, 5.41) is 12.2.